The minimum Gasteiger partial charge on any atom is -0.486 e. The normalized spacial score (nSPS) is 10.8. The molecule has 0 bridgehead atoms. The molecule has 0 spiro atoms. The van der Waals surface area contributed by atoms with E-state index in [9.17, 15) is 23.3 Å². The largest absolute Gasteiger partial charge is 0.486 e. The van der Waals surface area contributed by atoms with Gasteiger partial charge in [0.05, 0.1) is 15.5 Å². The average molecular weight is 284 g/mol. The number of nitrogens with zero attached hydrogens (tertiary/aromatic N) is 1. The Hall–Kier alpha value is -1.50. The van der Waals surface area contributed by atoms with Crippen LogP contribution in [0, 0.1) is 15.9 Å². The minimum absolute atomic E-state index is 0.0778. The fourth-order valence-corrected chi connectivity index (χ4v) is 1.75. The SMILES string of the molecule is CCc1c(Cl)c(OCC(F)F)cc(F)c1[N+](=O)[O-]. The van der Waals surface area contributed by atoms with Crippen LogP contribution in [0.15, 0.2) is 6.07 Å². The summed E-state index contributed by atoms with van der Waals surface area (Å²) in [5.74, 6) is -1.48. The van der Waals surface area contributed by atoms with Gasteiger partial charge in [0.2, 0.25) is 5.82 Å². The van der Waals surface area contributed by atoms with Crippen molar-refractivity contribution in [1.82, 2.24) is 0 Å². The van der Waals surface area contributed by atoms with Crippen molar-refractivity contribution in [1.29, 1.82) is 0 Å². The van der Waals surface area contributed by atoms with Crippen molar-refractivity contribution in [2.75, 3.05) is 6.61 Å². The highest BCUT2D eigenvalue weighted by atomic mass is 35.5. The Morgan fingerprint density at radius 2 is 2.17 bits per heavy atom. The molecule has 1 rings (SSSR count). The van der Waals surface area contributed by atoms with Gasteiger partial charge in [0.25, 0.3) is 6.43 Å². The van der Waals surface area contributed by atoms with Gasteiger partial charge < -0.3 is 4.74 Å². The molecule has 0 atom stereocenters. The first kappa shape index (κ1) is 14.6. The first-order valence-electron chi connectivity index (χ1n) is 4.94. The molecular weight excluding hydrogens is 275 g/mol. The Morgan fingerprint density at radius 3 is 2.61 bits per heavy atom. The molecule has 18 heavy (non-hydrogen) atoms. The first-order valence-corrected chi connectivity index (χ1v) is 5.32. The van der Waals surface area contributed by atoms with Gasteiger partial charge >= 0.3 is 5.69 Å². The van der Waals surface area contributed by atoms with E-state index in [0.29, 0.717) is 6.07 Å². The summed E-state index contributed by atoms with van der Waals surface area (Å²) in [4.78, 5) is 9.77. The van der Waals surface area contributed by atoms with Crippen LogP contribution in [-0.2, 0) is 6.42 Å². The highest BCUT2D eigenvalue weighted by Gasteiger charge is 2.25. The van der Waals surface area contributed by atoms with Crippen molar-refractivity contribution in [3.05, 3.63) is 32.6 Å². The van der Waals surface area contributed by atoms with E-state index < -0.39 is 29.5 Å². The highest BCUT2D eigenvalue weighted by molar-refractivity contribution is 6.33. The Kier molecular flexibility index (Phi) is 4.77. The molecule has 0 radical (unpaired) electrons. The van der Waals surface area contributed by atoms with Gasteiger partial charge in [-0.15, -0.1) is 0 Å². The second-order valence-corrected chi connectivity index (χ2v) is 3.69. The summed E-state index contributed by atoms with van der Waals surface area (Å²) in [6.45, 7) is 0.574. The number of ether oxygens (including phenoxy) is 1. The lowest BCUT2D eigenvalue weighted by Crippen LogP contribution is -2.09. The third-order valence-corrected chi connectivity index (χ3v) is 2.57. The second-order valence-electron chi connectivity index (χ2n) is 3.31. The van der Waals surface area contributed by atoms with Crippen molar-refractivity contribution in [3.63, 3.8) is 0 Å². The minimum atomic E-state index is -2.75. The second kappa shape index (κ2) is 5.90. The van der Waals surface area contributed by atoms with Crippen LogP contribution < -0.4 is 4.74 Å². The first-order chi connectivity index (χ1) is 8.38. The van der Waals surface area contributed by atoms with E-state index in [4.69, 9.17) is 11.6 Å². The van der Waals surface area contributed by atoms with Crippen LogP contribution in [0.2, 0.25) is 5.02 Å². The molecule has 100 valence electrons. The van der Waals surface area contributed by atoms with Gasteiger partial charge in [0, 0.05) is 6.07 Å². The van der Waals surface area contributed by atoms with E-state index in [1.807, 2.05) is 0 Å². The predicted octanol–water partition coefficient (Wildman–Crippen LogP) is 3.59. The number of alkyl halides is 2. The summed E-state index contributed by atoms with van der Waals surface area (Å²) in [7, 11) is 0. The number of nitro groups is 1. The van der Waals surface area contributed by atoms with E-state index in [1.165, 1.54) is 6.92 Å². The van der Waals surface area contributed by atoms with Crippen LogP contribution in [0.4, 0.5) is 18.9 Å². The molecule has 1 aromatic rings. The zero-order valence-corrected chi connectivity index (χ0v) is 10.0. The lowest BCUT2D eigenvalue weighted by Gasteiger charge is -2.11. The van der Waals surface area contributed by atoms with Gasteiger partial charge in [-0.05, 0) is 6.42 Å². The van der Waals surface area contributed by atoms with Crippen LogP contribution in [0.3, 0.4) is 0 Å². The third kappa shape index (κ3) is 3.04. The van der Waals surface area contributed by atoms with E-state index in [1.54, 1.807) is 0 Å². The van der Waals surface area contributed by atoms with Crippen LogP contribution in [0.1, 0.15) is 12.5 Å². The number of nitro benzene ring substituents is 1. The summed E-state index contributed by atoms with van der Waals surface area (Å²) in [5.41, 5.74) is -0.835. The Bertz CT molecular complexity index is 468. The van der Waals surface area contributed by atoms with Crippen LogP contribution in [0.25, 0.3) is 0 Å². The van der Waals surface area contributed by atoms with Crippen LogP contribution in [0.5, 0.6) is 5.75 Å². The van der Waals surface area contributed by atoms with Gasteiger partial charge in [-0.3, -0.25) is 10.1 Å². The molecule has 4 nitrogen and oxygen atoms in total. The van der Waals surface area contributed by atoms with E-state index >= 15 is 0 Å². The lowest BCUT2D eigenvalue weighted by atomic mass is 10.1. The van der Waals surface area contributed by atoms with Crippen molar-refractivity contribution >= 4 is 17.3 Å². The van der Waals surface area contributed by atoms with Crippen molar-refractivity contribution in [3.8, 4) is 5.75 Å². The van der Waals surface area contributed by atoms with Crippen LogP contribution in [-0.4, -0.2) is 18.0 Å². The molecule has 8 heteroatoms. The number of rotatable bonds is 5. The van der Waals surface area contributed by atoms with Gasteiger partial charge in [0.1, 0.15) is 12.4 Å². The zero-order chi connectivity index (χ0) is 13.9. The fraction of sp³-hybridized carbons (Fsp3) is 0.400. The monoisotopic (exact) mass is 283 g/mol. The molecule has 0 amide bonds. The maximum atomic E-state index is 13.5. The predicted molar refractivity (Wildman–Crippen MR) is 58.9 cm³/mol. The Morgan fingerprint density at radius 1 is 1.56 bits per heavy atom. The number of hydrogen-bond acceptors (Lipinski definition) is 3. The smallest absolute Gasteiger partial charge is 0.309 e. The number of halogens is 4. The summed E-state index contributed by atoms with van der Waals surface area (Å²) < 4.78 is 42.0. The van der Waals surface area contributed by atoms with Crippen LogP contribution >= 0.6 is 11.6 Å². The number of benzene rings is 1. The topological polar surface area (TPSA) is 52.4 Å². The molecule has 1 aromatic carbocycles. The number of hydrogen-bond donors (Lipinski definition) is 0. The maximum absolute atomic E-state index is 13.5. The summed E-state index contributed by atoms with van der Waals surface area (Å²) in [5, 5.41) is 10.5. The average Bonchev–Trinajstić information content (AvgIpc) is 2.28. The van der Waals surface area contributed by atoms with E-state index in [-0.39, 0.29) is 22.8 Å². The van der Waals surface area contributed by atoms with Crippen molar-refractivity contribution < 1.29 is 22.8 Å². The van der Waals surface area contributed by atoms with Gasteiger partial charge in [0.15, 0.2) is 0 Å². The van der Waals surface area contributed by atoms with E-state index in [0.717, 1.165) is 0 Å². The molecule has 0 unspecified atom stereocenters. The Balaban J connectivity index is 3.24. The van der Waals surface area contributed by atoms with Gasteiger partial charge in [-0.2, -0.15) is 4.39 Å². The van der Waals surface area contributed by atoms with Crippen molar-refractivity contribution in [2.24, 2.45) is 0 Å². The van der Waals surface area contributed by atoms with Gasteiger partial charge in [-0.1, -0.05) is 18.5 Å². The summed E-state index contributed by atoms with van der Waals surface area (Å²) in [6, 6.07) is 0.641. The molecule has 0 heterocycles. The zero-order valence-electron chi connectivity index (χ0n) is 9.25. The molecule has 0 fully saturated rings. The molecular formula is C10H9ClF3NO3. The molecule has 0 aliphatic heterocycles. The summed E-state index contributed by atoms with van der Waals surface area (Å²) >= 11 is 5.77. The molecule has 0 aliphatic carbocycles. The van der Waals surface area contributed by atoms with Gasteiger partial charge in [-0.25, -0.2) is 8.78 Å². The summed E-state index contributed by atoms with van der Waals surface area (Å²) in [6.07, 6.45) is -2.66. The standard InChI is InChI=1S/C10H9ClF3NO3/c1-2-5-9(11)7(18-4-8(13)14)3-6(12)10(5)15(16)17/h3,8H,2,4H2,1H3. The highest BCUT2D eigenvalue weighted by Crippen LogP contribution is 2.37. The molecule has 0 aromatic heterocycles. The Labute approximate surface area is 105 Å². The molecule has 0 aliphatic rings. The third-order valence-electron chi connectivity index (χ3n) is 2.15. The van der Waals surface area contributed by atoms with Crippen molar-refractivity contribution in [2.45, 2.75) is 19.8 Å². The van der Waals surface area contributed by atoms with E-state index in [2.05, 4.69) is 4.74 Å². The molecule has 0 saturated carbocycles. The lowest BCUT2D eigenvalue weighted by molar-refractivity contribution is -0.388. The fourth-order valence-electron chi connectivity index (χ4n) is 1.42. The molecule has 0 saturated heterocycles. The maximum Gasteiger partial charge on any atom is 0.309 e. The molecule has 0 N–H and O–H groups in total. The quantitative estimate of drug-likeness (QED) is 0.613.